The second-order valence-corrected chi connectivity index (χ2v) is 4.33. The first-order valence-corrected chi connectivity index (χ1v) is 5.99. The van der Waals surface area contributed by atoms with Crippen molar-refractivity contribution >= 4 is 5.69 Å². The summed E-state index contributed by atoms with van der Waals surface area (Å²) in [7, 11) is 0. The summed E-state index contributed by atoms with van der Waals surface area (Å²) in [5, 5.41) is 21.7. The van der Waals surface area contributed by atoms with Crippen LogP contribution in [0.4, 0.5) is 5.69 Å². The molecule has 0 aliphatic heterocycles. The Kier molecular flexibility index (Phi) is 4.05. The molecule has 6 nitrogen and oxygen atoms in total. The molecule has 0 saturated carbocycles. The summed E-state index contributed by atoms with van der Waals surface area (Å²) in [5.74, 6) is -0.494. The van der Waals surface area contributed by atoms with Gasteiger partial charge in [-0.25, -0.2) is 0 Å². The molecule has 0 heterocycles. The molecule has 0 radical (unpaired) electrons. The first-order valence-electron chi connectivity index (χ1n) is 5.99. The minimum absolute atomic E-state index is 0.0632. The van der Waals surface area contributed by atoms with E-state index in [0.29, 0.717) is 5.56 Å². The second kappa shape index (κ2) is 5.92. The number of benzene rings is 2. The molecule has 2 aromatic rings. The highest BCUT2D eigenvalue weighted by Crippen LogP contribution is 2.27. The maximum absolute atomic E-state index is 10.8. The van der Waals surface area contributed by atoms with E-state index in [2.05, 4.69) is 0 Å². The molecule has 2 aromatic carbocycles. The third-order valence-electron chi connectivity index (χ3n) is 3.02. The lowest BCUT2D eigenvalue weighted by Gasteiger charge is -2.13. The Balaban J connectivity index is 2.44. The lowest BCUT2D eigenvalue weighted by atomic mass is 9.91. The molecule has 102 valence electrons. The molecule has 0 aliphatic carbocycles. The minimum Gasteiger partial charge on any atom is -0.265 e. The molecule has 0 spiro atoms. The molecule has 0 N–H and O–H groups in total. The fourth-order valence-corrected chi connectivity index (χ4v) is 2.09. The van der Waals surface area contributed by atoms with Gasteiger partial charge < -0.3 is 0 Å². The smallest absolute Gasteiger partial charge is 0.265 e. The molecule has 6 heteroatoms. The summed E-state index contributed by atoms with van der Waals surface area (Å²) in [6, 6.07) is 15.0. The normalized spacial score (nSPS) is 11.8. The molecule has 0 fully saturated rings. The van der Waals surface area contributed by atoms with E-state index in [1.54, 1.807) is 36.4 Å². The van der Waals surface area contributed by atoms with Gasteiger partial charge in [0.25, 0.3) is 5.69 Å². The highest BCUT2D eigenvalue weighted by atomic mass is 16.6. The number of hydrogen-bond donors (Lipinski definition) is 0. The topological polar surface area (TPSA) is 86.3 Å². The van der Waals surface area contributed by atoms with Gasteiger partial charge in [0, 0.05) is 17.1 Å². The number of nitrogens with zero attached hydrogens (tertiary/aromatic N) is 2. The van der Waals surface area contributed by atoms with Crippen LogP contribution in [0.25, 0.3) is 0 Å². The molecule has 0 bridgehead atoms. The van der Waals surface area contributed by atoms with Gasteiger partial charge in [0.2, 0.25) is 6.54 Å². The first-order chi connectivity index (χ1) is 9.58. The molecule has 0 saturated heterocycles. The highest BCUT2D eigenvalue weighted by molar-refractivity contribution is 5.40. The molecule has 1 atom stereocenters. The van der Waals surface area contributed by atoms with Crippen LogP contribution in [0.1, 0.15) is 17.0 Å². The Hall–Kier alpha value is -2.76. The van der Waals surface area contributed by atoms with Crippen LogP contribution < -0.4 is 0 Å². The summed E-state index contributed by atoms with van der Waals surface area (Å²) >= 11 is 0. The zero-order chi connectivity index (χ0) is 14.5. The van der Waals surface area contributed by atoms with E-state index in [1.165, 1.54) is 12.1 Å². The minimum atomic E-state index is -0.502. The van der Waals surface area contributed by atoms with Crippen molar-refractivity contribution in [2.75, 3.05) is 6.54 Å². The van der Waals surface area contributed by atoms with Gasteiger partial charge >= 0.3 is 0 Å². The van der Waals surface area contributed by atoms with Crippen LogP contribution in [0.3, 0.4) is 0 Å². The molecular formula is C14H12N2O4. The van der Waals surface area contributed by atoms with E-state index < -0.39 is 15.8 Å². The number of nitro benzene ring substituents is 1. The number of hydrogen-bond acceptors (Lipinski definition) is 4. The molecule has 0 aliphatic rings. The number of rotatable bonds is 5. The van der Waals surface area contributed by atoms with Gasteiger partial charge in [-0.15, -0.1) is 0 Å². The monoisotopic (exact) mass is 272 g/mol. The lowest BCUT2D eigenvalue weighted by Crippen LogP contribution is -2.14. The van der Waals surface area contributed by atoms with E-state index in [-0.39, 0.29) is 12.2 Å². The average molecular weight is 272 g/mol. The fourth-order valence-electron chi connectivity index (χ4n) is 2.09. The van der Waals surface area contributed by atoms with E-state index in [9.17, 15) is 20.2 Å². The maximum atomic E-state index is 10.8. The van der Waals surface area contributed by atoms with Crippen molar-refractivity contribution < 1.29 is 9.85 Å². The number of non-ortho nitro benzene ring substituents is 1. The van der Waals surface area contributed by atoms with Gasteiger partial charge in [-0.2, -0.15) is 0 Å². The Labute approximate surface area is 115 Å². The zero-order valence-electron chi connectivity index (χ0n) is 10.5. The summed E-state index contributed by atoms with van der Waals surface area (Å²) in [6.45, 7) is -0.300. The van der Waals surface area contributed by atoms with Crippen LogP contribution in [0.2, 0.25) is 0 Å². The Morgan fingerprint density at radius 2 is 1.55 bits per heavy atom. The quantitative estimate of drug-likeness (QED) is 0.618. The van der Waals surface area contributed by atoms with E-state index in [0.717, 1.165) is 5.56 Å². The van der Waals surface area contributed by atoms with Crippen molar-refractivity contribution in [3.63, 3.8) is 0 Å². The lowest BCUT2D eigenvalue weighted by molar-refractivity contribution is -0.481. The second-order valence-electron chi connectivity index (χ2n) is 4.33. The van der Waals surface area contributed by atoms with Crippen LogP contribution in [0.15, 0.2) is 54.6 Å². The number of nitro groups is 2. The standard InChI is InChI=1S/C14H12N2O4/c17-15(18)10-14(11-5-2-1-3-6-11)12-7-4-8-13(9-12)16(19)20/h1-9,14H,10H2/t14-/m0/s1. The third-order valence-corrected chi connectivity index (χ3v) is 3.02. The van der Waals surface area contributed by atoms with Gasteiger partial charge in [0.15, 0.2) is 0 Å². The molecule has 0 unspecified atom stereocenters. The van der Waals surface area contributed by atoms with Crippen LogP contribution in [0.5, 0.6) is 0 Å². The first kappa shape index (κ1) is 13.7. The van der Waals surface area contributed by atoms with Crippen molar-refractivity contribution in [1.82, 2.24) is 0 Å². The summed E-state index contributed by atoms with van der Waals surface area (Å²) in [5.41, 5.74) is 1.28. The van der Waals surface area contributed by atoms with Gasteiger partial charge in [-0.1, -0.05) is 42.5 Å². The molecule has 2 rings (SSSR count). The highest BCUT2D eigenvalue weighted by Gasteiger charge is 2.21. The van der Waals surface area contributed by atoms with Crippen molar-refractivity contribution in [2.24, 2.45) is 0 Å². The largest absolute Gasteiger partial charge is 0.269 e. The third kappa shape index (κ3) is 3.17. The van der Waals surface area contributed by atoms with E-state index in [4.69, 9.17) is 0 Å². The van der Waals surface area contributed by atoms with Crippen molar-refractivity contribution in [3.05, 3.63) is 86.0 Å². The zero-order valence-corrected chi connectivity index (χ0v) is 10.5. The fraction of sp³-hybridized carbons (Fsp3) is 0.143. The molecule has 0 amide bonds. The Bertz CT molecular complexity index is 628. The maximum Gasteiger partial charge on any atom is 0.269 e. The van der Waals surface area contributed by atoms with Gasteiger partial charge in [0.05, 0.1) is 10.8 Å². The SMILES string of the molecule is O=[N+]([O-])C[C@@H](c1ccccc1)c1cccc([N+](=O)[O-])c1. The summed E-state index contributed by atoms with van der Waals surface area (Å²) in [6.07, 6.45) is 0. The van der Waals surface area contributed by atoms with Crippen LogP contribution in [-0.2, 0) is 0 Å². The predicted molar refractivity (Wildman–Crippen MR) is 73.2 cm³/mol. The van der Waals surface area contributed by atoms with Gasteiger partial charge in [-0.05, 0) is 11.1 Å². The Morgan fingerprint density at radius 1 is 0.900 bits per heavy atom. The van der Waals surface area contributed by atoms with Crippen LogP contribution in [-0.4, -0.2) is 16.4 Å². The van der Waals surface area contributed by atoms with E-state index >= 15 is 0 Å². The van der Waals surface area contributed by atoms with Gasteiger partial charge in [0.1, 0.15) is 0 Å². The Morgan fingerprint density at radius 3 is 2.15 bits per heavy atom. The summed E-state index contributed by atoms with van der Waals surface area (Å²) in [4.78, 5) is 20.7. The predicted octanol–water partition coefficient (Wildman–Crippen LogP) is 3.00. The van der Waals surface area contributed by atoms with Crippen molar-refractivity contribution in [2.45, 2.75) is 5.92 Å². The van der Waals surface area contributed by atoms with Gasteiger partial charge in [-0.3, -0.25) is 20.2 Å². The van der Waals surface area contributed by atoms with E-state index in [1.807, 2.05) is 6.07 Å². The average Bonchev–Trinajstić information content (AvgIpc) is 2.45. The molecule has 0 aromatic heterocycles. The molecule has 20 heavy (non-hydrogen) atoms. The van der Waals surface area contributed by atoms with Crippen LogP contribution in [0, 0.1) is 20.2 Å². The van der Waals surface area contributed by atoms with Crippen molar-refractivity contribution in [1.29, 1.82) is 0 Å². The van der Waals surface area contributed by atoms with Crippen molar-refractivity contribution in [3.8, 4) is 0 Å². The molecular weight excluding hydrogens is 260 g/mol. The summed E-state index contributed by atoms with van der Waals surface area (Å²) < 4.78 is 0. The van der Waals surface area contributed by atoms with Crippen LogP contribution >= 0.6 is 0 Å².